The molecule has 0 aliphatic rings. The topological polar surface area (TPSA) is 49.4 Å². The lowest BCUT2D eigenvalue weighted by molar-refractivity contribution is -0.132. The van der Waals surface area contributed by atoms with Gasteiger partial charge in [0.05, 0.1) is 17.5 Å². The van der Waals surface area contributed by atoms with Crippen molar-refractivity contribution in [3.8, 4) is 0 Å². The monoisotopic (exact) mass is 404 g/mol. The summed E-state index contributed by atoms with van der Waals surface area (Å²) in [4.78, 5) is 25.8. The summed E-state index contributed by atoms with van der Waals surface area (Å²) in [7, 11) is 1.66. The predicted molar refractivity (Wildman–Crippen MR) is 113 cm³/mol. The zero-order valence-electron chi connectivity index (χ0n) is 15.8. The molecule has 0 heterocycles. The fourth-order valence-electron chi connectivity index (χ4n) is 2.59. The summed E-state index contributed by atoms with van der Waals surface area (Å²) >= 11 is 7.56. The van der Waals surface area contributed by atoms with Crippen LogP contribution in [0.25, 0.3) is 0 Å². The van der Waals surface area contributed by atoms with Gasteiger partial charge in [-0.25, -0.2) is 0 Å². The average Bonchev–Trinajstić information content (AvgIpc) is 2.63. The Kier molecular flexibility index (Phi) is 8.20. The quantitative estimate of drug-likeness (QED) is 0.719. The maximum atomic E-state index is 12.5. The first-order valence-electron chi connectivity index (χ1n) is 8.82. The van der Waals surface area contributed by atoms with Gasteiger partial charge in [0.25, 0.3) is 0 Å². The summed E-state index contributed by atoms with van der Waals surface area (Å²) in [5, 5.41) is 3.50. The Balaban J connectivity index is 2.04. The summed E-state index contributed by atoms with van der Waals surface area (Å²) in [5.41, 5.74) is 2.21. The molecule has 0 aromatic heterocycles. The minimum absolute atomic E-state index is 0.0188. The van der Waals surface area contributed by atoms with Crippen LogP contribution in [0.5, 0.6) is 0 Å². The van der Waals surface area contributed by atoms with Gasteiger partial charge in [0.1, 0.15) is 0 Å². The SMILES string of the molecule is CC(C)NC(=O)CN(C)C(=O)CS[C@@H](c1ccccc1)c1ccc(Cl)cc1. The van der Waals surface area contributed by atoms with Gasteiger partial charge in [-0.2, -0.15) is 0 Å². The van der Waals surface area contributed by atoms with Crippen LogP contribution in [0.2, 0.25) is 5.02 Å². The van der Waals surface area contributed by atoms with Crippen LogP contribution >= 0.6 is 23.4 Å². The number of benzene rings is 2. The van der Waals surface area contributed by atoms with E-state index >= 15 is 0 Å². The van der Waals surface area contributed by atoms with Gasteiger partial charge in [-0.3, -0.25) is 9.59 Å². The number of amides is 2. The van der Waals surface area contributed by atoms with Crippen LogP contribution in [-0.4, -0.2) is 42.1 Å². The largest absolute Gasteiger partial charge is 0.352 e. The van der Waals surface area contributed by atoms with E-state index in [9.17, 15) is 9.59 Å². The highest BCUT2D eigenvalue weighted by atomic mass is 35.5. The molecule has 1 N–H and O–H groups in total. The highest BCUT2D eigenvalue weighted by molar-refractivity contribution is 8.00. The molecule has 0 spiro atoms. The first kappa shape index (κ1) is 21.3. The van der Waals surface area contributed by atoms with Crippen molar-refractivity contribution >= 4 is 35.2 Å². The van der Waals surface area contributed by atoms with Crippen molar-refractivity contribution in [3.63, 3.8) is 0 Å². The fraction of sp³-hybridized carbons (Fsp3) is 0.333. The summed E-state index contributed by atoms with van der Waals surface area (Å²) in [6.07, 6.45) is 0. The molecule has 2 rings (SSSR count). The standard InChI is InChI=1S/C21H25ClN2O2S/c1-15(2)23-19(25)13-24(3)20(26)14-27-21(16-7-5-4-6-8-16)17-9-11-18(22)12-10-17/h4-12,15,21H,13-14H2,1-3H3,(H,23,25)/t21-/m0/s1. The highest BCUT2D eigenvalue weighted by Gasteiger charge is 2.19. The molecule has 0 fully saturated rings. The summed E-state index contributed by atoms with van der Waals surface area (Å²) < 4.78 is 0. The predicted octanol–water partition coefficient (Wildman–Crippen LogP) is 4.15. The number of carbonyl (C=O) groups is 2. The van der Waals surface area contributed by atoms with Crippen molar-refractivity contribution in [1.82, 2.24) is 10.2 Å². The Labute approximate surface area is 170 Å². The van der Waals surface area contributed by atoms with Gasteiger partial charge in [-0.1, -0.05) is 54.1 Å². The molecule has 0 saturated heterocycles. The van der Waals surface area contributed by atoms with Crippen LogP contribution in [0.15, 0.2) is 54.6 Å². The lowest BCUT2D eigenvalue weighted by Gasteiger charge is -2.21. The van der Waals surface area contributed by atoms with Gasteiger partial charge in [-0.15, -0.1) is 11.8 Å². The molecular weight excluding hydrogens is 380 g/mol. The summed E-state index contributed by atoms with van der Waals surface area (Å²) in [6.45, 7) is 3.85. The summed E-state index contributed by atoms with van der Waals surface area (Å²) in [6, 6.07) is 17.8. The van der Waals surface area contributed by atoms with E-state index in [1.807, 2.05) is 56.3 Å². The van der Waals surface area contributed by atoms with Crippen LogP contribution in [0.4, 0.5) is 0 Å². The Morgan fingerprint density at radius 3 is 2.22 bits per heavy atom. The third-order valence-corrected chi connectivity index (χ3v) is 5.45. The third-order valence-electron chi connectivity index (χ3n) is 3.90. The number of halogens is 1. The maximum Gasteiger partial charge on any atom is 0.239 e. The van der Waals surface area contributed by atoms with Crippen molar-refractivity contribution in [1.29, 1.82) is 0 Å². The first-order chi connectivity index (χ1) is 12.9. The normalized spacial score (nSPS) is 11.9. The zero-order valence-corrected chi connectivity index (χ0v) is 17.4. The van der Waals surface area contributed by atoms with Crippen LogP contribution in [0.1, 0.15) is 30.2 Å². The average molecular weight is 405 g/mol. The number of nitrogens with zero attached hydrogens (tertiary/aromatic N) is 1. The number of nitrogens with one attached hydrogen (secondary N) is 1. The molecule has 27 heavy (non-hydrogen) atoms. The molecule has 6 heteroatoms. The van der Waals surface area contributed by atoms with E-state index in [-0.39, 0.29) is 35.4 Å². The lowest BCUT2D eigenvalue weighted by Crippen LogP contribution is -2.41. The number of rotatable bonds is 8. The highest BCUT2D eigenvalue weighted by Crippen LogP contribution is 2.36. The van der Waals surface area contributed by atoms with E-state index in [0.29, 0.717) is 5.02 Å². The molecular formula is C21H25ClN2O2S. The molecule has 0 saturated carbocycles. The van der Waals surface area contributed by atoms with E-state index in [1.165, 1.54) is 4.90 Å². The van der Waals surface area contributed by atoms with E-state index in [2.05, 4.69) is 17.4 Å². The van der Waals surface area contributed by atoms with Gasteiger partial charge in [0, 0.05) is 18.1 Å². The van der Waals surface area contributed by atoms with Gasteiger partial charge in [0.2, 0.25) is 11.8 Å². The second-order valence-corrected chi connectivity index (χ2v) is 8.16. The van der Waals surface area contributed by atoms with Gasteiger partial charge in [-0.05, 0) is 37.1 Å². The van der Waals surface area contributed by atoms with E-state index in [4.69, 9.17) is 11.6 Å². The molecule has 2 amide bonds. The number of thioether (sulfide) groups is 1. The fourth-order valence-corrected chi connectivity index (χ4v) is 3.94. The maximum absolute atomic E-state index is 12.5. The summed E-state index contributed by atoms with van der Waals surface area (Å²) in [5.74, 6) is 0.0603. The van der Waals surface area contributed by atoms with Gasteiger partial charge < -0.3 is 10.2 Å². The molecule has 0 bridgehead atoms. The number of hydrogen-bond donors (Lipinski definition) is 1. The Morgan fingerprint density at radius 1 is 1.04 bits per heavy atom. The molecule has 144 valence electrons. The molecule has 2 aromatic carbocycles. The minimum atomic E-state index is -0.150. The van der Waals surface area contributed by atoms with Crippen molar-refractivity contribution < 1.29 is 9.59 Å². The lowest BCUT2D eigenvalue weighted by atomic mass is 10.0. The molecule has 4 nitrogen and oxygen atoms in total. The smallest absolute Gasteiger partial charge is 0.239 e. The van der Waals surface area contributed by atoms with Crippen LogP contribution < -0.4 is 5.32 Å². The first-order valence-corrected chi connectivity index (χ1v) is 10.2. The molecule has 0 unspecified atom stereocenters. The van der Waals surface area contributed by atoms with E-state index in [1.54, 1.807) is 18.8 Å². The molecule has 1 atom stereocenters. The van der Waals surface area contributed by atoms with Crippen molar-refractivity contribution in [2.24, 2.45) is 0 Å². The second kappa shape index (κ2) is 10.4. The van der Waals surface area contributed by atoms with Crippen LogP contribution in [0.3, 0.4) is 0 Å². The number of hydrogen-bond acceptors (Lipinski definition) is 3. The Morgan fingerprint density at radius 2 is 1.63 bits per heavy atom. The number of carbonyl (C=O) groups excluding carboxylic acids is 2. The zero-order chi connectivity index (χ0) is 19.8. The van der Waals surface area contributed by atoms with Gasteiger partial charge >= 0.3 is 0 Å². The van der Waals surface area contributed by atoms with E-state index < -0.39 is 0 Å². The second-order valence-electron chi connectivity index (χ2n) is 6.63. The third kappa shape index (κ3) is 6.92. The Hall–Kier alpha value is -1.98. The van der Waals surface area contributed by atoms with Crippen molar-refractivity contribution in [2.45, 2.75) is 25.1 Å². The molecule has 0 radical (unpaired) electrons. The van der Waals surface area contributed by atoms with Crippen LogP contribution in [-0.2, 0) is 9.59 Å². The molecule has 2 aromatic rings. The van der Waals surface area contributed by atoms with Gasteiger partial charge in [0.15, 0.2) is 0 Å². The Bertz CT molecular complexity index is 751. The van der Waals surface area contributed by atoms with Crippen LogP contribution in [0, 0.1) is 0 Å². The molecule has 0 aliphatic heterocycles. The number of likely N-dealkylation sites (N-methyl/N-ethyl adjacent to an activating group) is 1. The van der Waals surface area contributed by atoms with E-state index in [0.717, 1.165) is 11.1 Å². The van der Waals surface area contributed by atoms with Crippen molar-refractivity contribution in [3.05, 3.63) is 70.7 Å². The minimum Gasteiger partial charge on any atom is -0.352 e. The molecule has 0 aliphatic carbocycles. The van der Waals surface area contributed by atoms with Crippen molar-refractivity contribution in [2.75, 3.05) is 19.3 Å².